The van der Waals surface area contributed by atoms with Gasteiger partial charge in [-0.05, 0) is 19.9 Å². The normalized spacial score (nSPS) is 10.1. The maximum atomic E-state index is 13.0. The monoisotopic (exact) mass is 184 g/mol. The molecular formula is C8H9FN2O2. The van der Waals surface area contributed by atoms with Gasteiger partial charge in [-0.1, -0.05) is 0 Å². The molecule has 0 heterocycles. The topological polar surface area (TPSA) is 69.2 Å². The van der Waals surface area contributed by atoms with Crippen molar-refractivity contribution in [1.82, 2.24) is 0 Å². The molecule has 5 heteroatoms. The van der Waals surface area contributed by atoms with Crippen molar-refractivity contribution >= 4 is 11.4 Å². The van der Waals surface area contributed by atoms with Crippen LogP contribution < -0.4 is 5.73 Å². The van der Waals surface area contributed by atoms with E-state index >= 15 is 0 Å². The molecule has 0 fully saturated rings. The Balaban J connectivity index is 3.56. The molecule has 0 amide bonds. The van der Waals surface area contributed by atoms with Crippen molar-refractivity contribution < 1.29 is 9.31 Å². The Bertz CT molecular complexity index is 351. The molecule has 4 nitrogen and oxygen atoms in total. The molecule has 1 aromatic rings. The molecule has 0 unspecified atom stereocenters. The molecule has 0 saturated carbocycles. The quantitative estimate of drug-likeness (QED) is 0.412. The average Bonchev–Trinajstić information content (AvgIpc) is 2.01. The highest BCUT2D eigenvalue weighted by molar-refractivity contribution is 5.61. The van der Waals surface area contributed by atoms with Gasteiger partial charge in [0.15, 0.2) is 0 Å². The van der Waals surface area contributed by atoms with E-state index in [1.54, 1.807) is 0 Å². The number of nitro benzene ring substituents is 1. The summed E-state index contributed by atoms with van der Waals surface area (Å²) in [6.07, 6.45) is 0. The number of hydrogen-bond donors (Lipinski definition) is 1. The zero-order valence-corrected chi connectivity index (χ0v) is 7.30. The van der Waals surface area contributed by atoms with Crippen LogP contribution in [0, 0.1) is 29.8 Å². The van der Waals surface area contributed by atoms with E-state index in [1.807, 2.05) is 0 Å². The second-order valence-corrected chi connectivity index (χ2v) is 2.80. The van der Waals surface area contributed by atoms with Gasteiger partial charge in [-0.2, -0.15) is 0 Å². The molecular weight excluding hydrogens is 175 g/mol. The van der Waals surface area contributed by atoms with Gasteiger partial charge in [0.25, 0.3) is 5.69 Å². The second-order valence-electron chi connectivity index (χ2n) is 2.80. The Morgan fingerprint density at radius 1 is 1.46 bits per heavy atom. The molecule has 0 bridgehead atoms. The highest BCUT2D eigenvalue weighted by Crippen LogP contribution is 2.29. The van der Waals surface area contributed by atoms with E-state index in [-0.39, 0.29) is 16.9 Å². The molecule has 1 aromatic carbocycles. The zero-order chi connectivity index (χ0) is 10.2. The molecule has 13 heavy (non-hydrogen) atoms. The van der Waals surface area contributed by atoms with E-state index in [2.05, 4.69) is 0 Å². The first-order valence-corrected chi connectivity index (χ1v) is 3.64. The number of nitrogen functional groups attached to an aromatic ring is 1. The first-order valence-electron chi connectivity index (χ1n) is 3.64. The van der Waals surface area contributed by atoms with Crippen LogP contribution in [0.15, 0.2) is 6.07 Å². The predicted molar refractivity (Wildman–Crippen MR) is 46.9 cm³/mol. The Labute approximate surface area is 74.3 Å². The van der Waals surface area contributed by atoms with E-state index in [1.165, 1.54) is 13.8 Å². The van der Waals surface area contributed by atoms with Crippen LogP contribution in [0.4, 0.5) is 15.8 Å². The van der Waals surface area contributed by atoms with Crippen LogP contribution in [0.2, 0.25) is 0 Å². The lowest BCUT2D eigenvalue weighted by molar-refractivity contribution is -0.386. The Hall–Kier alpha value is -1.65. The van der Waals surface area contributed by atoms with Crippen LogP contribution in [0.3, 0.4) is 0 Å². The van der Waals surface area contributed by atoms with Crippen molar-refractivity contribution in [3.63, 3.8) is 0 Å². The second kappa shape index (κ2) is 3.01. The maximum absolute atomic E-state index is 13.0. The molecule has 70 valence electrons. The van der Waals surface area contributed by atoms with Crippen LogP contribution in [0.25, 0.3) is 0 Å². The number of hydrogen-bond acceptors (Lipinski definition) is 3. The van der Waals surface area contributed by atoms with Gasteiger partial charge < -0.3 is 5.73 Å². The lowest BCUT2D eigenvalue weighted by Gasteiger charge is -2.04. The van der Waals surface area contributed by atoms with Crippen molar-refractivity contribution in [2.75, 3.05) is 5.73 Å². The third kappa shape index (κ3) is 1.44. The molecule has 0 atom stereocenters. The number of nitrogens with zero attached hydrogens (tertiary/aromatic N) is 1. The first-order chi connectivity index (χ1) is 5.95. The van der Waals surface area contributed by atoms with Gasteiger partial charge >= 0.3 is 0 Å². The van der Waals surface area contributed by atoms with E-state index < -0.39 is 10.7 Å². The Morgan fingerprint density at radius 2 is 2.00 bits per heavy atom. The van der Waals surface area contributed by atoms with Crippen molar-refractivity contribution in [1.29, 1.82) is 0 Å². The fraction of sp³-hybridized carbons (Fsp3) is 0.250. The minimum Gasteiger partial charge on any atom is -0.398 e. The number of nitrogens with two attached hydrogens (primary N) is 1. The van der Waals surface area contributed by atoms with E-state index in [4.69, 9.17) is 5.73 Å². The van der Waals surface area contributed by atoms with Gasteiger partial charge in [-0.25, -0.2) is 4.39 Å². The SMILES string of the molecule is Cc1c(N)cc(F)c(C)c1[N+](=O)[O-]. The van der Waals surface area contributed by atoms with Gasteiger partial charge in [0, 0.05) is 5.69 Å². The van der Waals surface area contributed by atoms with Crippen LogP contribution in [-0.2, 0) is 0 Å². The third-order valence-corrected chi connectivity index (χ3v) is 1.97. The third-order valence-electron chi connectivity index (χ3n) is 1.97. The molecule has 0 spiro atoms. The van der Waals surface area contributed by atoms with Crippen molar-refractivity contribution in [2.45, 2.75) is 13.8 Å². The van der Waals surface area contributed by atoms with E-state index in [0.29, 0.717) is 5.56 Å². The molecule has 0 aliphatic rings. The summed E-state index contributed by atoms with van der Waals surface area (Å²) in [5.74, 6) is -0.644. The van der Waals surface area contributed by atoms with Crippen LogP contribution in [-0.4, -0.2) is 4.92 Å². The van der Waals surface area contributed by atoms with Gasteiger partial charge in [-0.3, -0.25) is 10.1 Å². The van der Waals surface area contributed by atoms with Crippen molar-refractivity contribution in [3.8, 4) is 0 Å². The summed E-state index contributed by atoms with van der Waals surface area (Å²) in [5, 5.41) is 10.5. The fourth-order valence-electron chi connectivity index (χ4n) is 1.16. The summed E-state index contributed by atoms with van der Waals surface area (Å²) in [7, 11) is 0. The van der Waals surface area contributed by atoms with Gasteiger partial charge in [0.05, 0.1) is 16.1 Å². The first kappa shape index (κ1) is 9.44. The van der Waals surface area contributed by atoms with Crippen molar-refractivity contribution in [3.05, 3.63) is 33.1 Å². The highest BCUT2D eigenvalue weighted by Gasteiger charge is 2.20. The summed E-state index contributed by atoms with van der Waals surface area (Å²) in [4.78, 5) is 9.91. The standard InChI is InChI=1S/C8H9FN2O2/c1-4-6(9)3-7(10)5(2)8(4)11(12)13/h3H,10H2,1-2H3. The minimum absolute atomic E-state index is 0.0247. The van der Waals surface area contributed by atoms with Crippen LogP contribution >= 0.6 is 0 Å². The predicted octanol–water partition coefficient (Wildman–Crippen LogP) is 1.93. The van der Waals surface area contributed by atoms with Crippen LogP contribution in [0.5, 0.6) is 0 Å². The molecule has 0 aliphatic carbocycles. The highest BCUT2D eigenvalue weighted by atomic mass is 19.1. The number of nitro groups is 1. The molecule has 0 aromatic heterocycles. The average molecular weight is 184 g/mol. The number of rotatable bonds is 1. The van der Waals surface area contributed by atoms with E-state index in [0.717, 1.165) is 6.07 Å². The molecule has 0 saturated heterocycles. The smallest absolute Gasteiger partial charge is 0.280 e. The molecule has 0 radical (unpaired) electrons. The van der Waals surface area contributed by atoms with Crippen molar-refractivity contribution in [2.24, 2.45) is 0 Å². The summed E-state index contributed by atoms with van der Waals surface area (Å²) in [6, 6.07) is 1.09. The summed E-state index contributed by atoms with van der Waals surface area (Å²) >= 11 is 0. The lowest BCUT2D eigenvalue weighted by Crippen LogP contribution is -2.01. The largest absolute Gasteiger partial charge is 0.398 e. The van der Waals surface area contributed by atoms with Gasteiger partial charge in [0.2, 0.25) is 0 Å². The molecule has 2 N–H and O–H groups in total. The summed E-state index contributed by atoms with van der Waals surface area (Å²) in [5.41, 5.74) is 5.59. The summed E-state index contributed by atoms with van der Waals surface area (Å²) in [6.45, 7) is 2.86. The maximum Gasteiger partial charge on any atom is 0.280 e. The Morgan fingerprint density at radius 3 is 2.46 bits per heavy atom. The minimum atomic E-state index is -0.644. The summed E-state index contributed by atoms with van der Waals surface area (Å²) < 4.78 is 13.0. The Kier molecular flexibility index (Phi) is 2.18. The van der Waals surface area contributed by atoms with Crippen LogP contribution in [0.1, 0.15) is 11.1 Å². The number of anilines is 1. The van der Waals surface area contributed by atoms with Gasteiger partial charge in [-0.15, -0.1) is 0 Å². The van der Waals surface area contributed by atoms with Gasteiger partial charge in [0.1, 0.15) is 5.82 Å². The zero-order valence-electron chi connectivity index (χ0n) is 7.30. The lowest BCUT2D eigenvalue weighted by atomic mass is 10.1. The number of benzene rings is 1. The molecule has 0 aliphatic heterocycles. The number of halogens is 1. The fourth-order valence-corrected chi connectivity index (χ4v) is 1.16. The van der Waals surface area contributed by atoms with E-state index in [9.17, 15) is 14.5 Å². The molecule has 1 rings (SSSR count).